The third-order valence-electron chi connectivity index (χ3n) is 8.10. The van der Waals surface area contributed by atoms with Gasteiger partial charge < -0.3 is 19.2 Å². The number of rotatable bonds is 5. The van der Waals surface area contributed by atoms with Crippen LogP contribution in [0.1, 0.15) is 54.4 Å². The van der Waals surface area contributed by atoms with Gasteiger partial charge in [0.2, 0.25) is 5.91 Å². The second kappa shape index (κ2) is 9.69. The Morgan fingerprint density at radius 3 is 2.78 bits per heavy atom. The Morgan fingerprint density at radius 2 is 1.97 bits per heavy atom. The van der Waals surface area contributed by atoms with E-state index in [4.69, 9.17) is 9.15 Å². The molecule has 2 heterocycles. The van der Waals surface area contributed by atoms with Crippen LogP contribution in [0.2, 0.25) is 0 Å². The Balaban J connectivity index is 1.35. The fourth-order valence-corrected chi connectivity index (χ4v) is 5.76. The lowest BCUT2D eigenvalue weighted by atomic mass is 9.71. The van der Waals surface area contributed by atoms with E-state index in [9.17, 15) is 19.1 Å². The van der Waals surface area contributed by atoms with Crippen molar-refractivity contribution in [3.8, 4) is 5.75 Å². The predicted molar refractivity (Wildman–Crippen MR) is 134 cm³/mol. The highest BCUT2D eigenvalue weighted by Crippen LogP contribution is 2.40. The molecule has 2 aliphatic rings. The Kier molecular flexibility index (Phi) is 6.60. The molecule has 0 bridgehead atoms. The summed E-state index contributed by atoms with van der Waals surface area (Å²) in [6.45, 7) is 4.73. The lowest BCUT2D eigenvalue weighted by Crippen LogP contribution is -2.55. The summed E-state index contributed by atoms with van der Waals surface area (Å²) in [4.78, 5) is 27.9. The molecule has 1 aliphatic carbocycles. The van der Waals surface area contributed by atoms with Gasteiger partial charge in [-0.05, 0) is 56.9 Å². The molecule has 0 unspecified atom stereocenters. The van der Waals surface area contributed by atoms with Gasteiger partial charge >= 0.3 is 5.63 Å². The number of hydrogen-bond donors (Lipinski definition) is 1. The summed E-state index contributed by atoms with van der Waals surface area (Å²) in [5.41, 5.74) is 1.37. The molecule has 1 aromatic heterocycles. The topological polar surface area (TPSA) is 80.0 Å². The molecule has 5 rings (SSSR count). The third-order valence-corrected chi connectivity index (χ3v) is 8.10. The fourth-order valence-electron chi connectivity index (χ4n) is 5.76. The van der Waals surface area contributed by atoms with E-state index >= 15 is 0 Å². The highest BCUT2D eigenvalue weighted by Gasteiger charge is 2.43. The summed E-state index contributed by atoms with van der Waals surface area (Å²) in [5, 5.41) is 11.7. The minimum atomic E-state index is -0.656. The fraction of sp³-hybridized carbons (Fsp3) is 0.448. The van der Waals surface area contributed by atoms with Crippen molar-refractivity contribution >= 4 is 16.9 Å². The van der Waals surface area contributed by atoms with Crippen molar-refractivity contribution < 1.29 is 23.4 Å². The van der Waals surface area contributed by atoms with E-state index in [1.54, 1.807) is 36.1 Å². The van der Waals surface area contributed by atoms with Crippen LogP contribution in [0, 0.1) is 25.6 Å². The normalized spacial score (nSPS) is 21.9. The van der Waals surface area contributed by atoms with Crippen LogP contribution in [0.15, 0.2) is 45.6 Å². The van der Waals surface area contributed by atoms with Gasteiger partial charge in [-0.25, -0.2) is 9.18 Å². The first-order chi connectivity index (χ1) is 17.3. The number of benzene rings is 2. The Bertz CT molecular complexity index is 1370. The first kappa shape index (κ1) is 24.5. The summed E-state index contributed by atoms with van der Waals surface area (Å²) in [6.07, 6.45) is 4.40. The molecular formula is C29H32FNO5. The molecule has 2 atom stereocenters. The monoisotopic (exact) mass is 493 g/mol. The molecule has 36 heavy (non-hydrogen) atoms. The minimum Gasteiger partial charge on any atom is -0.488 e. The zero-order chi connectivity index (χ0) is 25.4. The zero-order valence-corrected chi connectivity index (χ0v) is 20.8. The van der Waals surface area contributed by atoms with E-state index < -0.39 is 11.2 Å². The first-order valence-electron chi connectivity index (χ1n) is 12.7. The van der Waals surface area contributed by atoms with E-state index in [1.165, 1.54) is 6.07 Å². The summed E-state index contributed by atoms with van der Waals surface area (Å²) in [7, 11) is 0. The number of aryl methyl sites for hydroxylation is 2. The maximum Gasteiger partial charge on any atom is 0.340 e. The van der Waals surface area contributed by atoms with Gasteiger partial charge in [-0.15, -0.1) is 0 Å². The quantitative estimate of drug-likeness (QED) is 0.516. The summed E-state index contributed by atoms with van der Waals surface area (Å²) < 4.78 is 25.5. The van der Waals surface area contributed by atoms with Crippen LogP contribution in [-0.4, -0.2) is 34.6 Å². The Hall–Kier alpha value is -3.19. The second-order valence-electron chi connectivity index (χ2n) is 10.3. The van der Waals surface area contributed by atoms with Crippen LogP contribution in [-0.2, 0) is 17.8 Å². The van der Waals surface area contributed by atoms with Crippen LogP contribution >= 0.6 is 0 Å². The average Bonchev–Trinajstić information content (AvgIpc) is 2.86. The van der Waals surface area contributed by atoms with Crippen molar-refractivity contribution in [3.63, 3.8) is 0 Å². The molecular weight excluding hydrogens is 461 g/mol. The Morgan fingerprint density at radius 1 is 1.17 bits per heavy atom. The number of amides is 1. The number of piperidine rings is 1. The van der Waals surface area contributed by atoms with Crippen molar-refractivity contribution in [1.82, 2.24) is 4.90 Å². The second-order valence-corrected chi connectivity index (χ2v) is 10.3. The van der Waals surface area contributed by atoms with Crippen molar-refractivity contribution in [2.24, 2.45) is 5.92 Å². The van der Waals surface area contributed by atoms with E-state index in [1.807, 2.05) is 13.0 Å². The van der Waals surface area contributed by atoms with Gasteiger partial charge in [0.1, 0.15) is 23.8 Å². The molecule has 1 aliphatic heterocycles. The number of hydrogen-bond acceptors (Lipinski definition) is 5. The lowest BCUT2D eigenvalue weighted by molar-refractivity contribution is -0.142. The number of nitrogens with zero attached hydrogens (tertiary/aromatic N) is 1. The van der Waals surface area contributed by atoms with Gasteiger partial charge in [-0.3, -0.25) is 4.79 Å². The molecule has 7 heteroatoms. The van der Waals surface area contributed by atoms with Gasteiger partial charge in [0.05, 0.1) is 17.6 Å². The maximum atomic E-state index is 14.0. The van der Waals surface area contributed by atoms with Gasteiger partial charge in [-0.1, -0.05) is 31.0 Å². The number of fused-ring (bicyclic) bond motifs is 2. The standard InChI is InChI=1S/C29H32FNO5/c1-18-22-10-11-25(35-17-20-7-3-4-9-24(20)30)19(2)27(22)36-28(33)23(18)15-26(32)31-14-13-29(34)12-6-5-8-21(29)16-31/h3-4,7,9-11,21,34H,5-6,8,12-17H2,1-2H3/t21-,29-/m1/s1. The lowest BCUT2D eigenvalue weighted by Gasteiger charge is -2.47. The van der Waals surface area contributed by atoms with Gasteiger partial charge in [0.15, 0.2) is 0 Å². The van der Waals surface area contributed by atoms with Crippen molar-refractivity contribution in [2.45, 2.75) is 64.6 Å². The molecule has 2 aromatic carbocycles. The zero-order valence-electron chi connectivity index (χ0n) is 20.8. The third kappa shape index (κ3) is 4.52. The number of carbonyl (C=O) groups excluding carboxylic acids is 1. The summed E-state index contributed by atoms with van der Waals surface area (Å²) in [6, 6.07) is 10.0. The van der Waals surface area contributed by atoms with Crippen LogP contribution in [0.25, 0.3) is 11.0 Å². The number of ether oxygens (including phenoxy) is 1. The molecule has 0 spiro atoms. The summed E-state index contributed by atoms with van der Waals surface area (Å²) in [5.74, 6) is 0.155. The molecule has 1 saturated heterocycles. The molecule has 0 radical (unpaired) electrons. The van der Waals surface area contributed by atoms with Crippen LogP contribution in [0.3, 0.4) is 0 Å². The van der Waals surface area contributed by atoms with Crippen molar-refractivity contribution in [3.05, 3.63) is 74.9 Å². The van der Waals surface area contributed by atoms with Crippen LogP contribution in [0.4, 0.5) is 4.39 Å². The first-order valence-corrected chi connectivity index (χ1v) is 12.7. The van der Waals surface area contributed by atoms with Gasteiger partial charge in [-0.2, -0.15) is 0 Å². The molecule has 6 nitrogen and oxygen atoms in total. The van der Waals surface area contributed by atoms with Crippen molar-refractivity contribution in [2.75, 3.05) is 13.1 Å². The molecule has 1 amide bonds. The summed E-state index contributed by atoms with van der Waals surface area (Å²) >= 11 is 0. The van der Waals surface area contributed by atoms with Crippen molar-refractivity contribution in [1.29, 1.82) is 0 Å². The minimum absolute atomic E-state index is 0.0279. The highest BCUT2D eigenvalue weighted by atomic mass is 19.1. The van der Waals surface area contributed by atoms with Gasteiger partial charge in [0.25, 0.3) is 0 Å². The molecule has 190 valence electrons. The Labute approximate surface area is 209 Å². The van der Waals surface area contributed by atoms with Crippen LogP contribution in [0.5, 0.6) is 5.75 Å². The van der Waals surface area contributed by atoms with E-state index in [0.717, 1.165) is 31.1 Å². The largest absolute Gasteiger partial charge is 0.488 e. The molecule has 1 saturated carbocycles. The van der Waals surface area contributed by atoms with E-state index in [0.29, 0.717) is 53.1 Å². The number of likely N-dealkylation sites (tertiary alicyclic amines) is 1. The van der Waals surface area contributed by atoms with E-state index in [2.05, 4.69) is 0 Å². The average molecular weight is 494 g/mol. The molecule has 1 N–H and O–H groups in total. The van der Waals surface area contributed by atoms with E-state index in [-0.39, 0.29) is 30.7 Å². The smallest absolute Gasteiger partial charge is 0.340 e. The number of carbonyl (C=O) groups is 1. The van der Waals surface area contributed by atoms with Gasteiger partial charge in [0, 0.05) is 35.5 Å². The maximum absolute atomic E-state index is 14.0. The molecule has 3 aromatic rings. The number of aliphatic hydroxyl groups is 1. The predicted octanol–water partition coefficient (Wildman–Crippen LogP) is 4.82. The number of halogens is 1. The van der Waals surface area contributed by atoms with Crippen LogP contribution < -0.4 is 10.4 Å². The molecule has 2 fully saturated rings. The SMILES string of the molecule is Cc1c(CC(=O)N2CC[C@]3(O)CCCC[C@@H]3C2)c(=O)oc2c(C)c(OCc3ccccc3F)ccc12. The highest BCUT2D eigenvalue weighted by molar-refractivity contribution is 5.87.